The first-order valence-corrected chi connectivity index (χ1v) is 14.8. The van der Waals surface area contributed by atoms with Crippen LogP contribution in [0.5, 0.6) is 11.5 Å². The Bertz CT molecular complexity index is 1800. The summed E-state index contributed by atoms with van der Waals surface area (Å²) in [4.78, 5) is 38.7. The van der Waals surface area contributed by atoms with E-state index in [2.05, 4.69) is 4.98 Å². The van der Waals surface area contributed by atoms with E-state index in [0.29, 0.717) is 28.2 Å². The monoisotopic (exact) mass is 669 g/mol. The summed E-state index contributed by atoms with van der Waals surface area (Å²) in [6, 6.07) is 23.3. The van der Waals surface area contributed by atoms with Crippen molar-refractivity contribution in [3.63, 3.8) is 0 Å². The Morgan fingerprint density at radius 1 is 0.958 bits per heavy atom. The number of hydrogen-bond acceptors (Lipinski definition) is 8. The van der Waals surface area contributed by atoms with E-state index in [-0.39, 0.29) is 5.56 Å². The van der Waals surface area contributed by atoms with Crippen molar-refractivity contribution < 1.29 is 42.0 Å². The Hall–Kier alpha value is -4.92. The fourth-order valence-corrected chi connectivity index (χ4v) is 5.75. The molecule has 0 aliphatic carbocycles. The fourth-order valence-electron chi connectivity index (χ4n) is 5.75. The molecule has 3 atom stereocenters. The molecule has 14 heteroatoms. The van der Waals surface area contributed by atoms with Crippen LogP contribution < -0.4 is 26.0 Å². The smallest absolute Gasteiger partial charge is 0.471 e. The summed E-state index contributed by atoms with van der Waals surface area (Å²) in [5.74, 6) is -1.10. The standard InChI is InChI=1S/C34H34F3N3O8/c1-21-18-40(31(43)39-29(21)41)28-17-32(44,20-38-30(42)34(35,36)37)27(48-28)19-47-33(22-7-5-4-6-8-22,23-9-13-25(45-2)14-10-23)24-11-15-26(46-3)16-12-24/h4-16,18,27-28,44H,17,19-20H2,1-3H3,(H,38,42)(H,39,41,43)/t27-,28-,32-/m1/s1. The molecular formula is C34H34F3N3O8. The minimum absolute atomic E-state index is 0.161. The minimum Gasteiger partial charge on any atom is -0.497 e. The largest absolute Gasteiger partial charge is 0.497 e. The molecule has 3 aromatic carbocycles. The van der Waals surface area contributed by atoms with E-state index in [1.54, 1.807) is 53.8 Å². The molecule has 1 aliphatic heterocycles. The molecule has 2 heterocycles. The zero-order chi connectivity index (χ0) is 34.7. The van der Waals surface area contributed by atoms with E-state index in [1.807, 2.05) is 30.3 Å². The number of aromatic amines is 1. The first kappa shape index (κ1) is 34.4. The summed E-state index contributed by atoms with van der Waals surface area (Å²) in [7, 11) is 3.06. The summed E-state index contributed by atoms with van der Waals surface area (Å²) in [6.45, 7) is 0.146. The van der Waals surface area contributed by atoms with Crippen LogP contribution in [0.1, 0.15) is 34.9 Å². The highest BCUT2D eigenvalue weighted by Crippen LogP contribution is 2.44. The minimum atomic E-state index is -5.21. The number of methoxy groups -OCH3 is 2. The van der Waals surface area contributed by atoms with E-state index in [4.69, 9.17) is 18.9 Å². The number of aryl methyl sites for hydroxylation is 1. The van der Waals surface area contributed by atoms with Crippen LogP contribution >= 0.6 is 0 Å². The lowest BCUT2D eigenvalue weighted by atomic mass is 9.79. The van der Waals surface area contributed by atoms with Crippen LogP contribution in [0.2, 0.25) is 0 Å². The summed E-state index contributed by atoms with van der Waals surface area (Å²) in [6.07, 6.45) is -7.02. The summed E-state index contributed by atoms with van der Waals surface area (Å²) in [5, 5.41) is 13.6. The van der Waals surface area contributed by atoms with Crippen LogP contribution in [-0.2, 0) is 19.9 Å². The Balaban J connectivity index is 1.60. The molecule has 0 saturated carbocycles. The first-order chi connectivity index (χ1) is 22.8. The number of nitrogens with zero attached hydrogens (tertiary/aromatic N) is 1. The number of hydrogen-bond donors (Lipinski definition) is 3. The average molecular weight is 670 g/mol. The second-order valence-corrected chi connectivity index (χ2v) is 11.4. The number of rotatable bonds is 11. The van der Waals surface area contributed by atoms with Crippen molar-refractivity contribution in [2.24, 2.45) is 0 Å². The third kappa shape index (κ3) is 6.86. The van der Waals surface area contributed by atoms with E-state index in [1.165, 1.54) is 27.3 Å². The molecule has 0 spiro atoms. The Labute approximate surface area is 272 Å². The SMILES string of the molecule is COc1ccc(C(OC[C@H]2O[C@@H](n3cc(C)c(=O)[nH]c3=O)C[C@@]2(O)CNC(=O)C(F)(F)F)(c2ccccc2)c2ccc(OC)cc2)cc1. The highest BCUT2D eigenvalue weighted by Gasteiger charge is 2.51. The van der Waals surface area contributed by atoms with Crippen LogP contribution in [0.4, 0.5) is 13.2 Å². The van der Waals surface area contributed by atoms with Crippen molar-refractivity contribution in [2.75, 3.05) is 27.4 Å². The predicted octanol–water partition coefficient (Wildman–Crippen LogP) is 3.57. The van der Waals surface area contributed by atoms with Gasteiger partial charge in [0.25, 0.3) is 5.56 Å². The number of nitrogens with one attached hydrogen (secondary N) is 2. The molecule has 0 radical (unpaired) electrons. The lowest BCUT2D eigenvalue weighted by Crippen LogP contribution is -2.53. The molecule has 1 fully saturated rings. The molecule has 3 N–H and O–H groups in total. The van der Waals surface area contributed by atoms with Crippen LogP contribution in [0.15, 0.2) is 94.6 Å². The molecule has 1 amide bonds. The van der Waals surface area contributed by atoms with Gasteiger partial charge in [0.1, 0.15) is 35.0 Å². The molecule has 0 bridgehead atoms. The Morgan fingerprint density at radius 2 is 1.50 bits per heavy atom. The number of amides is 1. The van der Waals surface area contributed by atoms with Crippen molar-refractivity contribution in [3.05, 3.63) is 128 Å². The zero-order valence-electron chi connectivity index (χ0n) is 26.2. The molecule has 48 heavy (non-hydrogen) atoms. The highest BCUT2D eigenvalue weighted by atomic mass is 19.4. The number of H-pyrrole nitrogens is 1. The normalized spacial score (nSPS) is 19.6. The second-order valence-electron chi connectivity index (χ2n) is 11.4. The topological polar surface area (TPSA) is 141 Å². The van der Waals surface area contributed by atoms with E-state index >= 15 is 0 Å². The van der Waals surface area contributed by atoms with Crippen molar-refractivity contribution in [3.8, 4) is 11.5 Å². The van der Waals surface area contributed by atoms with Crippen molar-refractivity contribution in [2.45, 2.75) is 43.1 Å². The molecule has 5 rings (SSSR count). The van der Waals surface area contributed by atoms with Gasteiger partial charge in [-0.15, -0.1) is 0 Å². The molecule has 1 saturated heterocycles. The Morgan fingerprint density at radius 3 is 2.02 bits per heavy atom. The third-order valence-corrected chi connectivity index (χ3v) is 8.34. The van der Waals surface area contributed by atoms with Gasteiger partial charge in [-0.1, -0.05) is 54.6 Å². The van der Waals surface area contributed by atoms with E-state index in [9.17, 15) is 32.7 Å². The molecule has 0 unspecified atom stereocenters. The quantitative estimate of drug-likeness (QED) is 0.206. The van der Waals surface area contributed by atoms with E-state index in [0.717, 1.165) is 4.57 Å². The van der Waals surface area contributed by atoms with Crippen molar-refractivity contribution in [1.82, 2.24) is 14.9 Å². The van der Waals surface area contributed by atoms with Gasteiger partial charge in [0.15, 0.2) is 0 Å². The van der Waals surface area contributed by atoms with Gasteiger partial charge in [0.2, 0.25) is 0 Å². The van der Waals surface area contributed by atoms with Crippen molar-refractivity contribution in [1.29, 1.82) is 0 Å². The lowest BCUT2D eigenvalue weighted by molar-refractivity contribution is -0.175. The first-order valence-electron chi connectivity index (χ1n) is 14.8. The summed E-state index contributed by atoms with van der Waals surface area (Å²) in [5.41, 5.74) is -2.93. The molecule has 254 valence electrons. The number of ether oxygens (including phenoxy) is 4. The number of carbonyl (C=O) groups is 1. The van der Waals surface area contributed by atoms with Crippen molar-refractivity contribution >= 4 is 5.91 Å². The van der Waals surface area contributed by atoms with Gasteiger partial charge >= 0.3 is 17.8 Å². The molecule has 1 aromatic heterocycles. The van der Waals surface area contributed by atoms with Gasteiger partial charge in [0, 0.05) is 24.7 Å². The van der Waals surface area contributed by atoms with Gasteiger partial charge in [0.05, 0.1) is 20.8 Å². The molecule has 1 aliphatic rings. The van der Waals surface area contributed by atoms with Gasteiger partial charge in [-0.2, -0.15) is 13.2 Å². The van der Waals surface area contributed by atoms with Gasteiger partial charge in [-0.05, 0) is 47.9 Å². The highest BCUT2D eigenvalue weighted by molar-refractivity contribution is 5.81. The van der Waals surface area contributed by atoms with Gasteiger partial charge < -0.3 is 29.4 Å². The number of alkyl halides is 3. The van der Waals surface area contributed by atoms with Crippen LogP contribution in [-0.4, -0.2) is 65.8 Å². The number of halogens is 3. The van der Waals surface area contributed by atoms with Gasteiger partial charge in [-0.25, -0.2) is 4.79 Å². The molecule has 4 aromatic rings. The van der Waals surface area contributed by atoms with Crippen LogP contribution in [0.25, 0.3) is 0 Å². The summed E-state index contributed by atoms with van der Waals surface area (Å²) >= 11 is 0. The second kappa shape index (κ2) is 13.7. The predicted molar refractivity (Wildman–Crippen MR) is 167 cm³/mol. The maximum atomic E-state index is 13.2. The van der Waals surface area contributed by atoms with Crippen LogP contribution in [0.3, 0.4) is 0 Å². The maximum absolute atomic E-state index is 13.2. The molecule has 11 nitrogen and oxygen atoms in total. The lowest BCUT2D eigenvalue weighted by Gasteiger charge is -2.38. The fraction of sp³-hybridized carbons (Fsp3) is 0.324. The summed E-state index contributed by atoms with van der Waals surface area (Å²) < 4.78 is 64.1. The van der Waals surface area contributed by atoms with Gasteiger partial charge in [-0.3, -0.25) is 19.1 Å². The maximum Gasteiger partial charge on any atom is 0.471 e. The average Bonchev–Trinajstić information content (AvgIpc) is 3.41. The number of aromatic nitrogens is 2. The Kier molecular flexibility index (Phi) is 9.80. The van der Waals surface area contributed by atoms with E-state index < -0.39 is 66.4 Å². The number of carbonyl (C=O) groups excluding carboxylic acids is 1. The zero-order valence-corrected chi connectivity index (χ0v) is 26.2. The number of benzene rings is 3. The molecular weight excluding hydrogens is 635 g/mol. The number of aliphatic hydroxyl groups is 1. The van der Waals surface area contributed by atoms with Crippen LogP contribution in [0, 0.1) is 6.92 Å². The third-order valence-electron chi connectivity index (χ3n) is 8.34.